The fourth-order valence-corrected chi connectivity index (χ4v) is 6.36. The standard InChI is InChI=1S/C17H30N4O4S/c1-16(2,3)11-26(24,25)19-13-6-17(7-13)9-21(10-17)15(23)20-5-4-12(8-20)14(18)22/h12-13,19H,4-11H2,1-3H3,(H2,18,22)/t12-/m0/s1. The average molecular weight is 387 g/mol. The molecule has 3 N–H and O–H groups in total. The number of hydrogen-bond donors (Lipinski definition) is 2. The molecular weight excluding hydrogens is 356 g/mol. The predicted octanol–water partition coefficient (Wildman–Crippen LogP) is 0.344. The smallest absolute Gasteiger partial charge is 0.320 e. The van der Waals surface area contributed by atoms with E-state index in [0.717, 1.165) is 12.8 Å². The molecule has 8 nitrogen and oxygen atoms in total. The Morgan fingerprint density at radius 3 is 2.31 bits per heavy atom. The van der Waals surface area contributed by atoms with Crippen LogP contribution in [0, 0.1) is 16.7 Å². The van der Waals surface area contributed by atoms with Crippen molar-refractivity contribution in [2.45, 2.75) is 46.1 Å². The lowest BCUT2D eigenvalue weighted by atomic mass is 9.61. The first kappa shape index (κ1) is 19.4. The van der Waals surface area contributed by atoms with Crippen LogP contribution in [-0.2, 0) is 14.8 Å². The van der Waals surface area contributed by atoms with Crippen molar-refractivity contribution in [1.82, 2.24) is 14.5 Å². The van der Waals surface area contributed by atoms with Crippen molar-refractivity contribution in [2.75, 3.05) is 31.9 Å². The molecule has 2 saturated heterocycles. The summed E-state index contributed by atoms with van der Waals surface area (Å²) in [7, 11) is -3.27. The predicted molar refractivity (Wildman–Crippen MR) is 97.7 cm³/mol. The second kappa shape index (κ2) is 6.37. The Balaban J connectivity index is 1.43. The van der Waals surface area contributed by atoms with Crippen molar-refractivity contribution in [1.29, 1.82) is 0 Å². The van der Waals surface area contributed by atoms with Gasteiger partial charge >= 0.3 is 6.03 Å². The molecule has 2 aliphatic heterocycles. The number of rotatable bonds is 4. The van der Waals surface area contributed by atoms with Gasteiger partial charge in [-0.2, -0.15) is 0 Å². The van der Waals surface area contributed by atoms with Gasteiger partial charge in [-0.3, -0.25) is 4.79 Å². The zero-order chi connectivity index (χ0) is 19.3. The van der Waals surface area contributed by atoms with E-state index < -0.39 is 10.0 Å². The number of amides is 3. The summed E-state index contributed by atoms with van der Waals surface area (Å²) in [6.07, 6.45) is 2.20. The Morgan fingerprint density at radius 2 is 1.81 bits per heavy atom. The van der Waals surface area contributed by atoms with Gasteiger partial charge in [-0.15, -0.1) is 0 Å². The maximum atomic E-state index is 12.5. The Kier molecular flexibility index (Phi) is 4.75. The summed E-state index contributed by atoms with van der Waals surface area (Å²) >= 11 is 0. The largest absolute Gasteiger partial charge is 0.369 e. The molecule has 0 aromatic rings. The summed E-state index contributed by atoms with van der Waals surface area (Å²) in [5.74, 6) is -0.464. The Morgan fingerprint density at radius 1 is 1.19 bits per heavy atom. The van der Waals surface area contributed by atoms with Crippen LogP contribution in [0.3, 0.4) is 0 Å². The molecular formula is C17H30N4O4S. The summed E-state index contributed by atoms with van der Waals surface area (Å²) in [6, 6.07) is -0.0539. The van der Waals surface area contributed by atoms with Gasteiger partial charge in [0.25, 0.3) is 0 Å². The molecule has 1 saturated carbocycles. The van der Waals surface area contributed by atoms with Crippen LogP contribution in [0.4, 0.5) is 4.79 Å². The first-order valence-electron chi connectivity index (χ1n) is 9.21. The number of nitrogens with two attached hydrogens (primary N) is 1. The van der Waals surface area contributed by atoms with Crippen molar-refractivity contribution < 1.29 is 18.0 Å². The number of sulfonamides is 1. The van der Waals surface area contributed by atoms with E-state index in [1.165, 1.54) is 0 Å². The van der Waals surface area contributed by atoms with Gasteiger partial charge in [0.1, 0.15) is 0 Å². The van der Waals surface area contributed by atoms with Gasteiger partial charge in [0.05, 0.1) is 11.7 Å². The maximum absolute atomic E-state index is 12.5. The minimum atomic E-state index is -3.27. The third kappa shape index (κ3) is 4.14. The number of likely N-dealkylation sites (tertiary alicyclic amines) is 2. The third-order valence-electron chi connectivity index (χ3n) is 5.51. The fraction of sp³-hybridized carbons (Fsp3) is 0.882. The van der Waals surface area contributed by atoms with E-state index in [4.69, 9.17) is 5.73 Å². The lowest BCUT2D eigenvalue weighted by Crippen LogP contribution is -2.68. The van der Waals surface area contributed by atoms with Crippen molar-refractivity contribution in [3.05, 3.63) is 0 Å². The molecule has 0 radical (unpaired) electrons. The lowest BCUT2D eigenvalue weighted by molar-refractivity contribution is -0.121. The Bertz CT molecular complexity index is 686. The number of carbonyl (C=O) groups excluding carboxylic acids is 2. The minimum absolute atomic E-state index is 0.0226. The van der Waals surface area contributed by atoms with E-state index in [9.17, 15) is 18.0 Å². The maximum Gasteiger partial charge on any atom is 0.320 e. The first-order valence-corrected chi connectivity index (χ1v) is 10.9. The Labute approximate surface area is 155 Å². The number of urea groups is 1. The number of hydrogen-bond acceptors (Lipinski definition) is 4. The van der Waals surface area contributed by atoms with Gasteiger partial charge in [-0.25, -0.2) is 17.9 Å². The van der Waals surface area contributed by atoms with E-state index in [2.05, 4.69) is 4.72 Å². The summed E-state index contributed by atoms with van der Waals surface area (Å²) in [6.45, 7) is 8.04. The second-order valence-electron chi connectivity index (χ2n) is 9.52. The molecule has 0 bridgehead atoms. The van der Waals surface area contributed by atoms with Crippen molar-refractivity contribution in [3.8, 4) is 0 Å². The van der Waals surface area contributed by atoms with Crippen LogP contribution in [0.25, 0.3) is 0 Å². The number of nitrogens with zero attached hydrogens (tertiary/aromatic N) is 2. The monoisotopic (exact) mass is 386 g/mol. The molecule has 3 rings (SSSR count). The zero-order valence-electron chi connectivity index (χ0n) is 15.8. The highest BCUT2D eigenvalue weighted by Crippen LogP contribution is 2.49. The highest BCUT2D eigenvalue weighted by atomic mass is 32.2. The van der Waals surface area contributed by atoms with Crippen LogP contribution in [-0.4, -0.2) is 68.1 Å². The lowest BCUT2D eigenvalue weighted by Gasteiger charge is -2.59. The topological polar surface area (TPSA) is 113 Å². The van der Waals surface area contributed by atoms with Crippen LogP contribution in [0.1, 0.15) is 40.0 Å². The highest BCUT2D eigenvalue weighted by Gasteiger charge is 2.55. The zero-order valence-corrected chi connectivity index (χ0v) is 16.6. The normalized spacial score (nSPS) is 25.9. The molecule has 9 heteroatoms. The third-order valence-corrected chi connectivity index (χ3v) is 7.45. The van der Waals surface area contributed by atoms with Crippen molar-refractivity contribution in [3.63, 3.8) is 0 Å². The van der Waals surface area contributed by atoms with E-state index in [-0.39, 0.29) is 40.5 Å². The highest BCUT2D eigenvalue weighted by molar-refractivity contribution is 7.89. The molecule has 0 unspecified atom stereocenters. The summed E-state index contributed by atoms with van der Waals surface area (Å²) < 4.78 is 27.2. The van der Waals surface area contributed by atoms with Crippen molar-refractivity contribution >= 4 is 22.0 Å². The van der Waals surface area contributed by atoms with Gasteiger partial charge in [-0.05, 0) is 24.7 Å². The van der Waals surface area contributed by atoms with Gasteiger partial charge in [0.15, 0.2) is 0 Å². The number of nitrogens with one attached hydrogen (secondary N) is 1. The molecule has 1 atom stereocenters. The fourth-order valence-electron chi connectivity index (χ4n) is 4.46. The van der Waals surface area contributed by atoms with E-state index >= 15 is 0 Å². The average Bonchev–Trinajstić information content (AvgIpc) is 2.86. The summed E-state index contributed by atoms with van der Waals surface area (Å²) in [4.78, 5) is 27.2. The first-order chi connectivity index (χ1) is 11.9. The molecule has 3 fully saturated rings. The van der Waals surface area contributed by atoms with Gasteiger partial charge in [-0.1, -0.05) is 20.8 Å². The molecule has 0 aromatic heterocycles. The molecule has 3 amide bonds. The summed E-state index contributed by atoms with van der Waals surface area (Å²) in [5.41, 5.74) is 5.10. The molecule has 2 heterocycles. The molecule has 1 spiro atoms. The van der Waals surface area contributed by atoms with Gasteiger partial charge in [0, 0.05) is 37.6 Å². The van der Waals surface area contributed by atoms with Gasteiger partial charge < -0.3 is 15.5 Å². The number of primary amides is 1. The Hall–Kier alpha value is -1.35. The minimum Gasteiger partial charge on any atom is -0.369 e. The van der Waals surface area contributed by atoms with Crippen LogP contribution < -0.4 is 10.5 Å². The van der Waals surface area contributed by atoms with Crippen LogP contribution in [0.2, 0.25) is 0 Å². The molecule has 3 aliphatic rings. The van der Waals surface area contributed by atoms with Crippen LogP contribution in [0.5, 0.6) is 0 Å². The number of carbonyl (C=O) groups is 2. The molecule has 1 aliphatic carbocycles. The van der Waals surface area contributed by atoms with Crippen LogP contribution >= 0.6 is 0 Å². The quantitative estimate of drug-likeness (QED) is 0.725. The molecule has 148 valence electrons. The second-order valence-corrected chi connectivity index (χ2v) is 11.3. The van der Waals surface area contributed by atoms with E-state index in [0.29, 0.717) is 32.6 Å². The SMILES string of the molecule is CC(C)(C)CS(=O)(=O)NC1CC2(C1)CN(C(=O)N1CC[C@H](C(N)=O)C1)C2. The molecule has 0 aromatic carbocycles. The van der Waals surface area contributed by atoms with Crippen molar-refractivity contribution in [2.24, 2.45) is 22.5 Å². The van der Waals surface area contributed by atoms with Crippen LogP contribution in [0.15, 0.2) is 0 Å². The van der Waals surface area contributed by atoms with E-state index in [1.807, 2.05) is 20.8 Å². The molecule has 26 heavy (non-hydrogen) atoms. The summed E-state index contributed by atoms with van der Waals surface area (Å²) in [5, 5.41) is 0. The van der Waals surface area contributed by atoms with E-state index in [1.54, 1.807) is 9.80 Å². The van der Waals surface area contributed by atoms with Gasteiger partial charge in [0.2, 0.25) is 15.9 Å².